The number of H-pyrrole nitrogens is 2. The molecule has 78 heavy (non-hydrogen) atoms. The highest BCUT2D eigenvalue weighted by Gasteiger charge is 2.49. The molecule has 0 spiro atoms. The lowest BCUT2D eigenvalue weighted by atomic mass is 9.83. The van der Waals surface area contributed by atoms with Gasteiger partial charge in [0.15, 0.2) is 17.4 Å². The molecule has 6 N–H and O–H groups in total. The van der Waals surface area contributed by atoms with E-state index in [4.69, 9.17) is 14.7 Å². The number of hydrogen-bond acceptors (Lipinski definition) is 11. The van der Waals surface area contributed by atoms with E-state index in [1.807, 2.05) is 60.0 Å². The van der Waals surface area contributed by atoms with Gasteiger partial charge < -0.3 is 50.0 Å². The van der Waals surface area contributed by atoms with Crippen LogP contribution in [0.15, 0.2) is 72.8 Å². The average Bonchev–Trinajstić information content (AvgIpc) is 4.31. The maximum Gasteiger partial charge on any atom is 0.416 e. The minimum Gasteiger partial charge on any atom is -0.465 e. The van der Waals surface area contributed by atoms with Gasteiger partial charge in [-0.2, -0.15) is 13.2 Å². The third-order valence-electron chi connectivity index (χ3n) is 16.1. The number of imidazole rings is 2. The molecule has 0 unspecified atom stereocenters. The number of amides is 3. The van der Waals surface area contributed by atoms with Crippen molar-refractivity contribution in [2.75, 3.05) is 61.1 Å². The Morgan fingerprint density at radius 1 is 0.718 bits per heavy atom. The maximum atomic E-state index is 16.9. The second-order valence-electron chi connectivity index (χ2n) is 21.6. The fourth-order valence-corrected chi connectivity index (χ4v) is 12.1. The summed E-state index contributed by atoms with van der Waals surface area (Å²) < 4.78 is 78.4. The lowest BCUT2D eigenvalue weighted by Crippen LogP contribution is -2.57. The topological polar surface area (TPSA) is 204 Å². The Labute approximate surface area is 447 Å². The van der Waals surface area contributed by atoms with Crippen molar-refractivity contribution in [1.29, 1.82) is 0 Å². The number of aromatic nitrogens is 4. The van der Waals surface area contributed by atoms with Crippen LogP contribution in [0.5, 0.6) is 0 Å². The first-order valence-corrected chi connectivity index (χ1v) is 26.6. The van der Waals surface area contributed by atoms with Gasteiger partial charge in [-0.15, -0.1) is 0 Å². The highest BCUT2D eigenvalue weighted by Crippen LogP contribution is 2.49. The van der Waals surface area contributed by atoms with E-state index >= 15 is 8.78 Å². The van der Waals surface area contributed by atoms with Crippen LogP contribution in [0.2, 0.25) is 0 Å². The summed E-state index contributed by atoms with van der Waals surface area (Å²) in [5.41, 5.74) is 2.93. The van der Waals surface area contributed by atoms with Gasteiger partial charge in [-0.3, -0.25) is 14.9 Å². The van der Waals surface area contributed by atoms with Crippen molar-refractivity contribution in [3.8, 4) is 0 Å². The number of carbonyl (C=O) groups is 4. The lowest BCUT2D eigenvalue weighted by Gasteiger charge is -2.38. The molecule has 10 rings (SSSR count). The highest BCUT2D eigenvalue weighted by atomic mass is 19.4. The number of benzene rings is 4. The van der Waals surface area contributed by atoms with Gasteiger partial charge in [-0.25, -0.2) is 28.3 Å². The number of hydrogen-bond donors (Lipinski definition) is 6. The Balaban J connectivity index is 0.980. The predicted molar refractivity (Wildman–Crippen MR) is 283 cm³/mol. The number of aromatic amines is 2. The minimum absolute atomic E-state index is 0.195. The molecule has 0 radical (unpaired) electrons. The number of carbonyl (C=O) groups excluding carboxylic acids is 3. The smallest absolute Gasteiger partial charge is 0.416 e. The number of methoxy groups -OCH3 is 1. The number of carboxylic acid groups (broad SMARTS) is 1. The number of ether oxygens (including phenoxy) is 1. The molecule has 0 aliphatic carbocycles. The van der Waals surface area contributed by atoms with Crippen LogP contribution in [-0.2, 0) is 26.0 Å². The molecule has 4 aliphatic rings. The molecule has 4 fully saturated rings. The summed E-state index contributed by atoms with van der Waals surface area (Å²) in [6.07, 6.45) is -2.88. The van der Waals surface area contributed by atoms with Gasteiger partial charge in [0.05, 0.1) is 58.9 Å². The zero-order valence-electron chi connectivity index (χ0n) is 44.0. The van der Waals surface area contributed by atoms with Crippen molar-refractivity contribution in [3.63, 3.8) is 0 Å². The van der Waals surface area contributed by atoms with Crippen LogP contribution in [0.25, 0.3) is 22.1 Å². The van der Waals surface area contributed by atoms with E-state index in [1.54, 1.807) is 23.6 Å². The number of ketones is 1. The van der Waals surface area contributed by atoms with Crippen LogP contribution in [0.3, 0.4) is 0 Å². The average molecular weight is 1080 g/mol. The molecule has 414 valence electrons. The van der Waals surface area contributed by atoms with Crippen LogP contribution in [-0.4, -0.2) is 112 Å². The standard InChI is InChI=1S/C56H64F5N11O6/c1-30(2)46(68-54(77)78-5)49(73)55(19-7-20-62-55)52-65-40-16-10-33(27-42(40)66-52)44-18-17-43(32-9-15-39-41(26-32)64-50(63-39)45-8-6-21-71(45)51(74)47(31(3)4)67-53(75)76)72(44)36-28-37(57)48(38(58)29-36)70-24-22-69(23-25-70)35-13-11-34(12-14-35)56(59,60)61/h9-16,26-31,43-47,62,67H,6-8,17-25H2,1-5H3,(H,63,64)(H,65,66)(H,68,77)(H,75,76)/t43-,44-,45+,46+,47+,55-/m1/s1. The fourth-order valence-electron chi connectivity index (χ4n) is 12.1. The summed E-state index contributed by atoms with van der Waals surface area (Å²) >= 11 is 0. The number of likely N-dealkylation sites (tertiary alicyclic amines) is 1. The molecule has 0 bridgehead atoms. The van der Waals surface area contributed by atoms with Gasteiger partial charge in [-0.1, -0.05) is 39.8 Å². The third-order valence-corrected chi connectivity index (χ3v) is 16.1. The molecule has 22 heteroatoms. The highest BCUT2D eigenvalue weighted by molar-refractivity contribution is 5.96. The maximum absolute atomic E-state index is 16.9. The number of Topliss-reactive ketones (excluding diaryl/α,β-unsaturated/α-hetero) is 1. The van der Waals surface area contributed by atoms with E-state index in [0.717, 1.165) is 23.3 Å². The quantitative estimate of drug-likeness (QED) is 0.0565. The summed E-state index contributed by atoms with van der Waals surface area (Å²) in [6.45, 7) is 9.33. The van der Waals surface area contributed by atoms with E-state index in [9.17, 15) is 37.5 Å². The van der Waals surface area contributed by atoms with Gasteiger partial charge in [0.1, 0.15) is 28.9 Å². The number of anilines is 3. The van der Waals surface area contributed by atoms with E-state index < -0.39 is 71.3 Å². The third kappa shape index (κ3) is 10.3. The first-order chi connectivity index (χ1) is 37.2. The number of alkyl carbamates (subject to hydrolysis) is 1. The summed E-state index contributed by atoms with van der Waals surface area (Å²) in [7, 11) is 1.24. The molecule has 6 heterocycles. The minimum atomic E-state index is -4.47. The molecule has 4 saturated heterocycles. The first kappa shape index (κ1) is 53.9. The second kappa shape index (κ2) is 21.4. The van der Waals surface area contributed by atoms with Crippen molar-refractivity contribution in [3.05, 3.63) is 113 Å². The number of alkyl halides is 3. The van der Waals surface area contributed by atoms with Crippen molar-refractivity contribution in [1.82, 2.24) is 40.8 Å². The Hall–Kier alpha value is -7.49. The van der Waals surface area contributed by atoms with Crippen LogP contribution >= 0.6 is 0 Å². The van der Waals surface area contributed by atoms with Crippen molar-refractivity contribution >= 4 is 63.0 Å². The van der Waals surface area contributed by atoms with Gasteiger partial charge in [-0.05, 0) is 129 Å². The monoisotopic (exact) mass is 1080 g/mol. The molecule has 4 aliphatic heterocycles. The van der Waals surface area contributed by atoms with E-state index in [2.05, 4.69) is 25.9 Å². The molecule has 4 aromatic carbocycles. The normalized spacial score (nSPS) is 21.8. The largest absolute Gasteiger partial charge is 0.465 e. The molecule has 2 aromatic heterocycles. The van der Waals surface area contributed by atoms with Gasteiger partial charge in [0, 0.05) is 44.1 Å². The zero-order chi connectivity index (χ0) is 55.4. The number of halogens is 5. The van der Waals surface area contributed by atoms with Crippen LogP contribution in [0, 0.1) is 23.5 Å². The Morgan fingerprint density at radius 3 is 1.88 bits per heavy atom. The molecule has 17 nitrogen and oxygen atoms in total. The number of nitrogens with one attached hydrogen (secondary N) is 5. The van der Waals surface area contributed by atoms with Crippen LogP contribution in [0.4, 0.5) is 48.6 Å². The van der Waals surface area contributed by atoms with E-state index in [0.29, 0.717) is 110 Å². The van der Waals surface area contributed by atoms with E-state index in [1.165, 1.54) is 31.4 Å². The summed E-state index contributed by atoms with van der Waals surface area (Å²) in [5, 5.41) is 18.0. The first-order valence-electron chi connectivity index (χ1n) is 26.6. The number of rotatable bonds is 14. The number of fused-ring (bicyclic) bond motifs is 2. The van der Waals surface area contributed by atoms with Gasteiger partial charge in [0.25, 0.3) is 0 Å². The number of nitrogens with zero attached hydrogens (tertiary/aromatic N) is 6. The predicted octanol–water partition coefficient (Wildman–Crippen LogP) is 9.63. The molecule has 6 aromatic rings. The fraction of sp³-hybridized carbons (Fsp3) is 0.464. The SMILES string of the molecule is COC(=O)N[C@H](C(=O)[C@@]1(c2nc3ccc([C@H]4CC[C@H](c5ccc6nc([C@@H]7CCCN7C(=O)[C@@H](NC(=O)O)C(C)C)[nH]c6c5)N4c4cc(F)c(N5CCN(c6ccc(C(F)(F)F)cc6)CC5)c(F)c4)cc3[nH]2)CCCN1)C(C)C. The van der Waals surface area contributed by atoms with Crippen LogP contribution < -0.4 is 30.7 Å². The second-order valence-corrected chi connectivity index (χ2v) is 21.6. The van der Waals surface area contributed by atoms with Gasteiger partial charge >= 0.3 is 18.4 Å². The molecular weight excluding hydrogens is 1020 g/mol. The molecule has 6 atom stereocenters. The van der Waals surface area contributed by atoms with Crippen molar-refractivity contribution < 1.29 is 51.0 Å². The van der Waals surface area contributed by atoms with Gasteiger partial charge in [0.2, 0.25) is 5.91 Å². The molecular formula is C56H64F5N11O6. The molecule has 0 saturated carbocycles. The summed E-state index contributed by atoms with van der Waals surface area (Å²) in [5.74, 6) is -1.70. The van der Waals surface area contributed by atoms with Crippen molar-refractivity contribution in [2.24, 2.45) is 11.8 Å². The number of piperazine rings is 1. The summed E-state index contributed by atoms with van der Waals surface area (Å²) in [4.78, 5) is 76.4. The van der Waals surface area contributed by atoms with Crippen LogP contribution in [0.1, 0.15) is 113 Å². The Morgan fingerprint density at radius 2 is 1.32 bits per heavy atom. The van der Waals surface area contributed by atoms with Crippen molar-refractivity contribution in [2.45, 2.75) is 108 Å². The Bertz CT molecular complexity index is 3200. The van der Waals surface area contributed by atoms with E-state index in [-0.39, 0.29) is 42.3 Å². The summed E-state index contributed by atoms with van der Waals surface area (Å²) in [6, 6.07) is 16.1. The zero-order valence-corrected chi connectivity index (χ0v) is 44.0. The Kier molecular flexibility index (Phi) is 14.8. The molecule has 3 amide bonds. The lowest BCUT2D eigenvalue weighted by molar-refractivity contribution is -0.137.